The Balaban J connectivity index is 0.00000180. The molecule has 2 N–H and O–H groups in total. The molecule has 2 atom stereocenters. The molecule has 0 saturated carbocycles. The first-order valence-electron chi connectivity index (χ1n) is 6.90. The van der Waals surface area contributed by atoms with Crippen molar-refractivity contribution in [2.75, 3.05) is 19.6 Å². The van der Waals surface area contributed by atoms with Gasteiger partial charge in [0.15, 0.2) is 0 Å². The minimum absolute atomic E-state index is 0. The zero-order chi connectivity index (χ0) is 13.0. The highest BCUT2D eigenvalue weighted by atomic mass is 35.5. The van der Waals surface area contributed by atoms with E-state index in [0.29, 0.717) is 6.04 Å². The highest BCUT2D eigenvalue weighted by Gasteiger charge is 2.23. The SMILES string of the molecule is CC(c1ccc(Cl)cc1)N1CCCC(CCN)C1.Cl. The third-order valence-electron chi connectivity index (χ3n) is 4.03. The largest absolute Gasteiger partial charge is 0.330 e. The minimum Gasteiger partial charge on any atom is -0.330 e. The van der Waals surface area contributed by atoms with Gasteiger partial charge in [0, 0.05) is 17.6 Å². The van der Waals surface area contributed by atoms with E-state index in [9.17, 15) is 0 Å². The maximum absolute atomic E-state index is 5.94. The van der Waals surface area contributed by atoms with Gasteiger partial charge in [0.2, 0.25) is 0 Å². The van der Waals surface area contributed by atoms with Crippen LogP contribution in [0.3, 0.4) is 0 Å². The second kappa shape index (κ2) is 8.11. The van der Waals surface area contributed by atoms with Crippen molar-refractivity contribution in [3.05, 3.63) is 34.9 Å². The molecule has 1 fully saturated rings. The molecule has 0 aromatic heterocycles. The van der Waals surface area contributed by atoms with E-state index in [-0.39, 0.29) is 12.4 Å². The fourth-order valence-electron chi connectivity index (χ4n) is 2.87. The van der Waals surface area contributed by atoms with E-state index in [2.05, 4.69) is 24.0 Å². The summed E-state index contributed by atoms with van der Waals surface area (Å²) in [5.74, 6) is 0.776. The number of piperidine rings is 1. The summed E-state index contributed by atoms with van der Waals surface area (Å²) in [5.41, 5.74) is 7.03. The van der Waals surface area contributed by atoms with Crippen LogP contribution in [0.1, 0.15) is 37.8 Å². The lowest BCUT2D eigenvalue weighted by Gasteiger charge is -2.37. The van der Waals surface area contributed by atoms with Gasteiger partial charge in [-0.25, -0.2) is 0 Å². The molecule has 1 saturated heterocycles. The summed E-state index contributed by atoms with van der Waals surface area (Å²) in [6.07, 6.45) is 3.79. The summed E-state index contributed by atoms with van der Waals surface area (Å²) in [4.78, 5) is 2.58. The van der Waals surface area contributed by atoms with E-state index < -0.39 is 0 Å². The maximum atomic E-state index is 5.94. The van der Waals surface area contributed by atoms with Gasteiger partial charge >= 0.3 is 0 Å². The summed E-state index contributed by atoms with van der Waals surface area (Å²) in [6, 6.07) is 8.71. The van der Waals surface area contributed by atoms with E-state index in [1.807, 2.05) is 12.1 Å². The Morgan fingerprint density at radius 1 is 1.37 bits per heavy atom. The van der Waals surface area contributed by atoms with Crippen LogP contribution in [0.5, 0.6) is 0 Å². The van der Waals surface area contributed by atoms with Gasteiger partial charge in [-0.3, -0.25) is 4.90 Å². The third kappa shape index (κ3) is 4.64. The molecule has 1 aromatic carbocycles. The molecule has 0 aliphatic carbocycles. The fourth-order valence-corrected chi connectivity index (χ4v) is 3.00. The molecule has 0 radical (unpaired) electrons. The zero-order valence-electron chi connectivity index (χ0n) is 11.5. The smallest absolute Gasteiger partial charge is 0.0406 e. The average molecular weight is 303 g/mol. The van der Waals surface area contributed by atoms with Crippen molar-refractivity contribution >= 4 is 24.0 Å². The third-order valence-corrected chi connectivity index (χ3v) is 4.28. The van der Waals surface area contributed by atoms with Crippen LogP contribution >= 0.6 is 24.0 Å². The van der Waals surface area contributed by atoms with Gasteiger partial charge in [-0.2, -0.15) is 0 Å². The molecule has 1 aliphatic rings. The van der Waals surface area contributed by atoms with E-state index in [0.717, 1.165) is 23.9 Å². The Hall–Kier alpha value is -0.280. The first-order chi connectivity index (χ1) is 8.70. The van der Waals surface area contributed by atoms with Gasteiger partial charge in [0.1, 0.15) is 0 Å². The Morgan fingerprint density at radius 2 is 2.05 bits per heavy atom. The highest BCUT2D eigenvalue weighted by molar-refractivity contribution is 6.30. The van der Waals surface area contributed by atoms with Crippen molar-refractivity contribution in [3.63, 3.8) is 0 Å². The molecule has 1 heterocycles. The Labute approximate surface area is 127 Å². The molecule has 0 bridgehead atoms. The number of halogens is 2. The van der Waals surface area contributed by atoms with Gasteiger partial charge in [-0.1, -0.05) is 23.7 Å². The lowest BCUT2D eigenvalue weighted by Crippen LogP contribution is -2.37. The molecular formula is C15H24Cl2N2. The second-order valence-corrected chi connectivity index (χ2v) is 5.74. The molecule has 2 rings (SSSR count). The topological polar surface area (TPSA) is 29.3 Å². The number of nitrogens with two attached hydrogens (primary N) is 1. The van der Waals surface area contributed by atoms with E-state index in [1.54, 1.807) is 0 Å². The molecule has 0 amide bonds. The molecule has 1 aromatic rings. The lowest BCUT2D eigenvalue weighted by atomic mass is 9.93. The van der Waals surface area contributed by atoms with E-state index >= 15 is 0 Å². The highest BCUT2D eigenvalue weighted by Crippen LogP contribution is 2.28. The number of benzene rings is 1. The van der Waals surface area contributed by atoms with Gasteiger partial charge in [-0.05, 0) is 62.9 Å². The van der Waals surface area contributed by atoms with Gasteiger partial charge in [-0.15, -0.1) is 12.4 Å². The first kappa shape index (κ1) is 16.8. The van der Waals surface area contributed by atoms with Crippen molar-refractivity contribution in [2.45, 2.75) is 32.2 Å². The molecule has 2 nitrogen and oxygen atoms in total. The van der Waals surface area contributed by atoms with Crippen molar-refractivity contribution < 1.29 is 0 Å². The average Bonchev–Trinajstić information content (AvgIpc) is 2.39. The molecular weight excluding hydrogens is 279 g/mol. The summed E-state index contributed by atoms with van der Waals surface area (Å²) in [6.45, 7) is 5.48. The van der Waals surface area contributed by atoms with Crippen LogP contribution in [0.2, 0.25) is 5.02 Å². The minimum atomic E-state index is 0. The molecule has 19 heavy (non-hydrogen) atoms. The first-order valence-corrected chi connectivity index (χ1v) is 7.28. The number of likely N-dealkylation sites (tertiary alicyclic amines) is 1. The van der Waals surface area contributed by atoms with Crippen LogP contribution in [-0.4, -0.2) is 24.5 Å². The van der Waals surface area contributed by atoms with Crippen molar-refractivity contribution in [1.29, 1.82) is 0 Å². The molecule has 2 unspecified atom stereocenters. The zero-order valence-corrected chi connectivity index (χ0v) is 13.1. The number of hydrogen-bond acceptors (Lipinski definition) is 2. The normalized spacial score (nSPS) is 21.7. The Morgan fingerprint density at radius 3 is 2.68 bits per heavy atom. The van der Waals surface area contributed by atoms with Crippen LogP contribution in [0.25, 0.3) is 0 Å². The maximum Gasteiger partial charge on any atom is 0.0406 e. The van der Waals surface area contributed by atoms with Crippen molar-refractivity contribution in [3.8, 4) is 0 Å². The van der Waals surface area contributed by atoms with Crippen molar-refractivity contribution in [1.82, 2.24) is 4.90 Å². The van der Waals surface area contributed by atoms with E-state index in [1.165, 1.54) is 31.5 Å². The van der Waals surface area contributed by atoms with Crippen LogP contribution < -0.4 is 5.73 Å². The molecule has 4 heteroatoms. The summed E-state index contributed by atoms with van der Waals surface area (Å²) in [7, 11) is 0. The predicted molar refractivity (Wildman–Crippen MR) is 85.1 cm³/mol. The van der Waals surface area contributed by atoms with Crippen LogP contribution in [0, 0.1) is 5.92 Å². The number of rotatable bonds is 4. The lowest BCUT2D eigenvalue weighted by molar-refractivity contribution is 0.128. The quantitative estimate of drug-likeness (QED) is 0.914. The number of nitrogens with zero attached hydrogens (tertiary/aromatic N) is 1. The molecule has 0 spiro atoms. The molecule has 1 aliphatic heterocycles. The van der Waals surface area contributed by atoms with Gasteiger partial charge < -0.3 is 5.73 Å². The van der Waals surface area contributed by atoms with Gasteiger partial charge in [0.25, 0.3) is 0 Å². The predicted octanol–water partition coefficient (Wildman–Crippen LogP) is 3.88. The Kier molecular flexibility index (Phi) is 7.16. The fraction of sp³-hybridized carbons (Fsp3) is 0.600. The Bertz CT molecular complexity index is 365. The molecule has 108 valence electrons. The van der Waals surface area contributed by atoms with Gasteiger partial charge in [0.05, 0.1) is 0 Å². The summed E-state index contributed by atoms with van der Waals surface area (Å²) >= 11 is 5.94. The standard InChI is InChI=1S/C15H23ClN2.ClH/c1-12(14-4-6-15(16)7-5-14)18-10-2-3-13(11-18)8-9-17;/h4-7,12-13H,2-3,8-11,17H2,1H3;1H. The van der Waals surface area contributed by atoms with Crippen LogP contribution in [0.4, 0.5) is 0 Å². The van der Waals surface area contributed by atoms with Crippen molar-refractivity contribution in [2.24, 2.45) is 11.7 Å². The summed E-state index contributed by atoms with van der Waals surface area (Å²) < 4.78 is 0. The summed E-state index contributed by atoms with van der Waals surface area (Å²) in [5, 5.41) is 0.811. The number of hydrogen-bond donors (Lipinski definition) is 1. The van der Waals surface area contributed by atoms with E-state index in [4.69, 9.17) is 17.3 Å². The van der Waals surface area contributed by atoms with Crippen LogP contribution in [0.15, 0.2) is 24.3 Å². The second-order valence-electron chi connectivity index (χ2n) is 5.31. The van der Waals surface area contributed by atoms with Crippen LogP contribution in [-0.2, 0) is 0 Å². The monoisotopic (exact) mass is 302 g/mol.